The van der Waals surface area contributed by atoms with E-state index in [1.807, 2.05) is 13.8 Å². The lowest BCUT2D eigenvalue weighted by Crippen LogP contribution is -2.40. The van der Waals surface area contributed by atoms with Gasteiger partial charge in [-0.15, -0.1) is 0 Å². The molecule has 0 aliphatic carbocycles. The molecule has 1 heterocycles. The number of carboxylic acid groups (broad SMARTS) is 1. The summed E-state index contributed by atoms with van der Waals surface area (Å²) in [6.45, 7) is 6.10. The highest BCUT2D eigenvalue weighted by Crippen LogP contribution is 2.18. The molecule has 1 N–H and O–H groups in total. The minimum Gasteiger partial charge on any atom is -0.481 e. The molecule has 1 aliphatic rings. The van der Waals surface area contributed by atoms with Crippen LogP contribution in [0.3, 0.4) is 0 Å². The average Bonchev–Trinajstić information content (AvgIpc) is 2.86. The van der Waals surface area contributed by atoms with Crippen LogP contribution in [-0.4, -0.2) is 60.8 Å². The lowest BCUT2D eigenvalue weighted by atomic mass is 10.1. The molecule has 6 nitrogen and oxygen atoms in total. The van der Waals surface area contributed by atoms with E-state index in [-0.39, 0.29) is 5.88 Å². The van der Waals surface area contributed by atoms with Crippen LogP contribution in [0.2, 0.25) is 0 Å². The van der Waals surface area contributed by atoms with Crippen LogP contribution in [0.25, 0.3) is 0 Å². The number of aliphatic carboxylic acids is 1. The van der Waals surface area contributed by atoms with Gasteiger partial charge in [-0.3, -0.25) is 9.69 Å². The van der Waals surface area contributed by atoms with Gasteiger partial charge >= 0.3 is 5.97 Å². The van der Waals surface area contributed by atoms with Gasteiger partial charge in [-0.2, -0.15) is 0 Å². The first kappa shape index (κ1) is 18.4. The van der Waals surface area contributed by atoms with Crippen molar-refractivity contribution in [1.29, 1.82) is 0 Å². The van der Waals surface area contributed by atoms with Crippen LogP contribution in [0.1, 0.15) is 46.0 Å². The zero-order chi connectivity index (χ0) is 15.9. The Bertz CT molecular complexity index is 417. The number of carbonyl (C=O) groups is 1. The SMILES string of the molecule is CCCCN(CCCC)S(=O)(=O)CN1CCC(C(=O)O)C1. The summed E-state index contributed by atoms with van der Waals surface area (Å²) in [5.74, 6) is -1.31. The lowest BCUT2D eigenvalue weighted by Gasteiger charge is -2.25. The first-order valence-corrected chi connectivity index (χ1v) is 9.44. The number of likely N-dealkylation sites (tertiary alicyclic amines) is 1. The molecular formula is C14H28N2O4S. The molecule has 0 aromatic heterocycles. The van der Waals surface area contributed by atoms with Crippen LogP contribution >= 0.6 is 0 Å². The molecule has 0 amide bonds. The molecule has 0 spiro atoms. The highest BCUT2D eigenvalue weighted by molar-refractivity contribution is 7.89. The number of hydrogen-bond acceptors (Lipinski definition) is 4. The fourth-order valence-electron chi connectivity index (χ4n) is 2.52. The summed E-state index contributed by atoms with van der Waals surface area (Å²) in [6, 6.07) is 0. The molecule has 124 valence electrons. The quantitative estimate of drug-likeness (QED) is 0.661. The van der Waals surface area contributed by atoms with Gasteiger partial charge < -0.3 is 5.11 Å². The second-order valence-corrected chi connectivity index (χ2v) is 7.69. The van der Waals surface area contributed by atoms with Gasteiger partial charge in [0.15, 0.2) is 0 Å². The molecule has 21 heavy (non-hydrogen) atoms. The van der Waals surface area contributed by atoms with Crippen molar-refractivity contribution in [2.45, 2.75) is 46.0 Å². The number of unbranched alkanes of at least 4 members (excludes halogenated alkanes) is 2. The average molecular weight is 320 g/mol. The molecule has 0 aromatic carbocycles. The van der Waals surface area contributed by atoms with E-state index in [2.05, 4.69) is 0 Å². The smallest absolute Gasteiger partial charge is 0.307 e. The van der Waals surface area contributed by atoms with Crippen LogP contribution in [-0.2, 0) is 14.8 Å². The van der Waals surface area contributed by atoms with Gasteiger partial charge in [-0.05, 0) is 19.3 Å². The molecular weight excluding hydrogens is 292 g/mol. The van der Waals surface area contributed by atoms with Crippen molar-refractivity contribution in [3.8, 4) is 0 Å². The predicted octanol–water partition coefficient (Wildman–Crippen LogP) is 1.58. The highest BCUT2D eigenvalue weighted by Gasteiger charge is 2.32. The van der Waals surface area contributed by atoms with Crippen molar-refractivity contribution in [3.63, 3.8) is 0 Å². The Balaban J connectivity index is 2.61. The number of carboxylic acids is 1. The molecule has 7 heteroatoms. The van der Waals surface area contributed by atoms with Crippen molar-refractivity contribution >= 4 is 16.0 Å². The molecule has 1 rings (SSSR count). The second-order valence-electron chi connectivity index (χ2n) is 5.75. The van der Waals surface area contributed by atoms with E-state index in [0.29, 0.717) is 32.6 Å². The number of nitrogens with zero attached hydrogens (tertiary/aromatic N) is 2. The first-order chi connectivity index (χ1) is 9.90. The Morgan fingerprint density at radius 3 is 2.24 bits per heavy atom. The molecule has 1 fully saturated rings. The third-order valence-electron chi connectivity index (χ3n) is 3.88. The minimum atomic E-state index is -3.33. The van der Waals surface area contributed by atoms with Gasteiger partial charge in [0.2, 0.25) is 10.0 Å². The van der Waals surface area contributed by atoms with E-state index in [1.54, 1.807) is 9.21 Å². The molecule has 1 atom stereocenters. The molecule has 1 unspecified atom stereocenters. The summed E-state index contributed by atoms with van der Waals surface area (Å²) < 4.78 is 26.6. The maximum Gasteiger partial charge on any atom is 0.307 e. The fourth-order valence-corrected chi connectivity index (χ4v) is 4.20. The maximum absolute atomic E-state index is 12.5. The Hall–Kier alpha value is -0.660. The van der Waals surface area contributed by atoms with Crippen LogP contribution in [0.5, 0.6) is 0 Å². The van der Waals surface area contributed by atoms with E-state index < -0.39 is 21.9 Å². The van der Waals surface area contributed by atoms with Crippen molar-refractivity contribution < 1.29 is 18.3 Å². The molecule has 1 saturated heterocycles. The zero-order valence-corrected chi connectivity index (χ0v) is 13.9. The molecule has 0 radical (unpaired) electrons. The third kappa shape index (κ3) is 5.92. The van der Waals surface area contributed by atoms with Crippen molar-refractivity contribution in [1.82, 2.24) is 9.21 Å². The summed E-state index contributed by atoms with van der Waals surface area (Å²) in [4.78, 5) is 12.7. The number of sulfonamides is 1. The van der Waals surface area contributed by atoms with Crippen LogP contribution in [0.4, 0.5) is 0 Å². The molecule has 0 aromatic rings. The van der Waals surface area contributed by atoms with Gasteiger partial charge in [0.25, 0.3) is 0 Å². The summed E-state index contributed by atoms with van der Waals surface area (Å²) in [7, 11) is -3.33. The van der Waals surface area contributed by atoms with Gasteiger partial charge in [-0.1, -0.05) is 26.7 Å². The van der Waals surface area contributed by atoms with E-state index >= 15 is 0 Å². The van der Waals surface area contributed by atoms with Crippen LogP contribution in [0, 0.1) is 5.92 Å². The van der Waals surface area contributed by atoms with E-state index in [4.69, 9.17) is 5.11 Å². The second kappa shape index (κ2) is 8.70. The first-order valence-electron chi connectivity index (χ1n) is 7.83. The zero-order valence-electron chi connectivity index (χ0n) is 13.1. The summed E-state index contributed by atoms with van der Waals surface area (Å²) in [5.41, 5.74) is 0. The fraction of sp³-hybridized carbons (Fsp3) is 0.929. The predicted molar refractivity (Wildman–Crippen MR) is 82.5 cm³/mol. The Labute approximate surface area is 128 Å². The Kier molecular flexibility index (Phi) is 7.62. The highest BCUT2D eigenvalue weighted by atomic mass is 32.2. The third-order valence-corrected chi connectivity index (χ3v) is 5.73. The topological polar surface area (TPSA) is 77.9 Å². The lowest BCUT2D eigenvalue weighted by molar-refractivity contribution is -0.141. The summed E-state index contributed by atoms with van der Waals surface area (Å²) in [5, 5.41) is 8.98. The van der Waals surface area contributed by atoms with E-state index in [1.165, 1.54) is 0 Å². The summed E-state index contributed by atoms with van der Waals surface area (Å²) >= 11 is 0. The number of rotatable bonds is 10. The summed E-state index contributed by atoms with van der Waals surface area (Å²) in [6.07, 6.45) is 4.18. The maximum atomic E-state index is 12.5. The molecule has 0 bridgehead atoms. The van der Waals surface area contributed by atoms with Gasteiger partial charge in [0.1, 0.15) is 5.88 Å². The van der Waals surface area contributed by atoms with Gasteiger partial charge in [-0.25, -0.2) is 12.7 Å². The van der Waals surface area contributed by atoms with Crippen molar-refractivity contribution in [2.75, 3.05) is 32.1 Å². The van der Waals surface area contributed by atoms with Crippen LogP contribution in [0.15, 0.2) is 0 Å². The number of hydrogen-bond donors (Lipinski definition) is 1. The van der Waals surface area contributed by atoms with E-state index in [0.717, 1.165) is 25.7 Å². The molecule has 1 aliphatic heterocycles. The van der Waals surface area contributed by atoms with Gasteiger partial charge in [0, 0.05) is 26.2 Å². The Morgan fingerprint density at radius 1 is 1.24 bits per heavy atom. The van der Waals surface area contributed by atoms with Crippen molar-refractivity contribution in [3.05, 3.63) is 0 Å². The van der Waals surface area contributed by atoms with Crippen molar-refractivity contribution in [2.24, 2.45) is 5.92 Å². The largest absolute Gasteiger partial charge is 0.481 e. The van der Waals surface area contributed by atoms with E-state index in [9.17, 15) is 13.2 Å². The minimum absolute atomic E-state index is 0.0514. The van der Waals surface area contributed by atoms with Gasteiger partial charge in [0.05, 0.1) is 5.92 Å². The standard InChI is InChI=1S/C14H28N2O4S/c1-3-5-8-16(9-6-4-2)21(19,20)12-15-10-7-13(11-15)14(17)18/h13H,3-12H2,1-2H3,(H,17,18). The normalized spacial score (nSPS) is 20.2. The monoisotopic (exact) mass is 320 g/mol. The molecule has 0 saturated carbocycles. The Morgan fingerprint density at radius 2 is 1.81 bits per heavy atom. The van der Waals surface area contributed by atoms with Crippen LogP contribution < -0.4 is 0 Å².